The summed E-state index contributed by atoms with van der Waals surface area (Å²) in [5.74, 6) is -0.421. The summed E-state index contributed by atoms with van der Waals surface area (Å²) < 4.78 is 103. The van der Waals surface area contributed by atoms with Crippen molar-refractivity contribution in [1.82, 2.24) is 14.8 Å². The third-order valence-electron chi connectivity index (χ3n) is 6.93. The van der Waals surface area contributed by atoms with Gasteiger partial charge in [-0.2, -0.15) is 22.0 Å². The number of nitrogens with zero attached hydrogens (tertiary/aromatic N) is 4. The highest BCUT2D eigenvalue weighted by molar-refractivity contribution is 5.87. The number of benzene rings is 2. The van der Waals surface area contributed by atoms with Crippen molar-refractivity contribution < 1.29 is 59.9 Å². The average molecular weight is 661 g/mol. The Bertz CT molecular complexity index is 1420. The van der Waals surface area contributed by atoms with Gasteiger partial charge in [0, 0.05) is 39.2 Å². The fourth-order valence-electron chi connectivity index (χ4n) is 4.73. The maximum atomic E-state index is 13.3. The molecule has 0 saturated carbocycles. The van der Waals surface area contributed by atoms with Crippen molar-refractivity contribution in [1.29, 1.82) is 0 Å². The Hall–Kier alpha value is -3.90. The van der Waals surface area contributed by atoms with Gasteiger partial charge in [0.2, 0.25) is 6.29 Å². The van der Waals surface area contributed by atoms with E-state index >= 15 is 0 Å². The van der Waals surface area contributed by atoms with Crippen LogP contribution in [-0.4, -0.2) is 98.5 Å². The summed E-state index contributed by atoms with van der Waals surface area (Å²) in [4.78, 5) is 18.8. The number of alkyl halides is 5. The van der Waals surface area contributed by atoms with E-state index in [2.05, 4.69) is 14.8 Å². The fraction of sp³-hybridized carbons (Fsp3) is 0.483. The Morgan fingerprint density at radius 2 is 1.61 bits per heavy atom. The molecule has 17 heteroatoms. The van der Waals surface area contributed by atoms with Crippen LogP contribution in [0.4, 0.5) is 32.4 Å². The van der Waals surface area contributed by atoms with Crippen LogP contribution in [-0.2, 0) is 28.4 Å². The quantitative estimate of drug-likeness (QED) is 0.190. The van der Waals surface area contributed by atoms with Crippen LogP contribution in [0.15, 0.2) is 54.9 Å². The fourth-order valence-corrected chi connectivity index (χ4v) is 4.73. The lowest BCUT2D eigenvalue weighted by atomic mass is 9.99. The summed E-state index contributed by atoms with van der Waals surface area (Å²) in [6, 6.07) is 10.9. The second-order valence-electron chi connectivity index (χ2n) is 9.93. The van der Waals surface area contributed by atoms with Gasteiger partial charge in [0.15, 0.2) is 5.82 Å². The summed E-state index contributed by atoms with van der Waals surface area (Å²) >= 11 is 0. The van der Waals surface area contributed by atoms with Gasteiger partial charge in [0.05, 0.1) is 11.8 Å². The van der Waals surface area contributed by atoms with Crippen LogP contribution in [0.5, 0.6) is 5.75 Å². The number of carbonyl (C=O) groups is 1. The molecule has 3 aromatic rings. The van der Waals surface area contributed by atoms with Crippen molar-refractivity contribution in [2.24, 2.45) is 0 Å². The number of aromatic nitrogens is 3. The van der Waals surface area contributed by atoms with Gasteiger partial charge in [-0.1, -0.05) is 0 Å². The number of carbonyl (C=O) groups excluding carboxylic acids is 1. The molecular formula is C29H33F5N4O8. The standard InChI is InChI=1S/C29H33F5N4O8/c1-6-43-23-22(41-4)17(2)44-26(24(23)42-5)45-27(39)37(16-40-3)19-9-7-18(8-10-19)25-35-15-38(36-25)20-11-13-21(14-12-20)46-29(33,34)28(30,31)32/h7-15,17,22-24,26H,6,16H2,1-5H3. The summed E-state index contributed by atoms with van der Waals surface area (Å²) in [5.41, 5.74) is 1.28. The number of anilines is 1. The number of rotatable bonds is 12. The van der Waals surface area contributed by atoms with Gasteiger partial charge in [0.25, 0.3) is 0 Å². The second kappa shape index (κ2) is 14.7. The van der Waals surface area contributed by atoms with E-state index in [1.807, 2.05) is 6.92 Å². The molecule has 5 atom stereocenters. The first-order valence-corrected chi connectivity index (χ1v) is 13.9. The van der Waals surface area contributed by atoms with Gasteiger partial charge >= 0.3 is 18.4 Å². The van der Waals surface area contributed by atoms with Crippen LogP contribution < -0.4 is 9.64 Å². The first-order chi connectivity index (χ1) is 21.8. The van der Waals surface area contributed by atoms with Crippen molar-refractivity contribution in [2.45, 2.75) is 56.8 Å². The zero-order valence-corrected chi connectivity index (χ0v) is 25.4. The number of ether oxygens (including phenoxy) is 7. The highest BCUT2D eigenvalue weighted by Crippen LogP contribution is 2.37. The van der Waals surface area contributed by atoms with Crippen LogP contribution in [0.2, 0.25) is 0 Å². The van der Waals surface area contributed by atoms with Gasteiger partial charge in [-0.05, 0) is 62.4 Å². The predicted octanol–water partition coefficient (Wildman–Crippen LogP) is 5.20. The van der Waals surface area contributed by atoms with Gasteiger partial charge in [0.1, 0.15) is 37.1 Å². The van der Waals surface area contributed by atoms with Crippen LogP contribution >= 0.6 is 0 Å². The predicted molar refractivity (Wildman–Crippen MR) is 151 cm³/mol. The van der Waals surface area contributed by atoms with Crippen LogP contribution in [0, 0.1) is 0 Å². The first-order valence-electron chi connectivity index (χ1n) is 13.9. The van der Waals surface area contributed by atoms with Crippen molar-refractivity contribution >= 4 is 11.8 Å². The minimum atomic E-state index is -5.86. The Labute approximate surface area is 260 Å². The molecule has 0 aliphatic carbocycles. The molecule has 5 unspecified atom stereocenters. The van der Waals surface area contributed by atoms with E-state index in [0.29, 0.717) is 23.5 Å². The van der Waals surface area contributed by atoms with E-state index in [4.69, 9.17) is 28.4 Å². The Kier molecular flexibility index (Phi) is 11.2. The summed E-state index contributed by atoms with van der Waals surface area (Å²) in [7, 11) is 4.40. The van der Waals surface area contributed by atoms with E-state index in [0.717, 1.165) is 12.1 Å². The van der Waals surface area contributed by atoms with Gasteiger partial charge < -0.3 is 33.2 Å². The molecule has 2 heterocycles. The second-order valence-corrected chi connectivity index (χ2v) is 9.93. The molecule has 1 aliphatic heterocycles. The van der Waals surface area contributed by atoms with E-state index in [1.165, 1.54) is 49.4 Å². The Morgan fingerprint density at radius 3 is 2.17 bits per heavy atom. The zero-order valence-electron chi connectivity index (χ0n) is 25.4. The largest absolute Gasteiger partial charge is 0.499 e. The molecule has 0 radical (unpaired) electrons. The maximum Gasteiger partial charge on any atom is 0.499 e. The van der Waals surface area contributed by atoms with Gasteiger partial charge in [-0.15, -0.1) is 5.10 Å². The van der Waals surface area contributed by atoms with Gasteiger partial charge in [-0.3, -0.25) is 4.90 Å². The number of methoxy groups -OCH3 is 3. The lowest BCUT2D eigenvalue weighted by Gasteiger charge is -2.43. The van der Waals surface area contributed by atoms with Crippen molar-refractivity contribution in [2.75, 3.05) is 39.6 Å². The molecule has 2 aromatic carbocycles. The van der Waals surface area contributed by atoms with Crippen molar-refractivity contribution in [3.63, 3.8) is 0 Å². The smallest absolute Gasteiger partial charge is 0.426 e. The maximum absolute atomic E-state index is 13.3. The lowest BCUT2D eigenvalue weighted by molar-refractivity contribution is -0.360. The summed E-state index contributed by atoms with van der Waals surface area (Å²) in [5, 5.41) is 4.33. The number of amides is 1. The molecule has 1 aliphatic rings. The van der Waals surface area contributed by atoms with E-state index < -0.39 is 54.8 Å². The number of hydrogen-bond acceptors (Lipinski definition) is 10. The molecule has 12 nitrogen and oxygen atoms in total. The van der Waals surface area contributed by atoms with E-state index in [-0.39, 0.29) is 12.6 Å². The summed E-state index contributed by atoms with van der Waals surface area (Å²) in [6.45, 7) is 3.82. The minimum Gasteiger partial charge on any atom is -0.426 e. The molecule has 0 N–H and O–H groups in total. The van der Waals surface area contributed by atoms with Crippen molar-refractivity contribution in [3.8, 4) is 22.8 Å². The monoisotopic (exact) mass is 660 g/mol. The van der Waals surface area contributed by atoms with Crippen LogP contribution in [0.1, 0.15) is 13.8 Å². The third kappa shape index (κ3) is 7.72. The number of halogens is 5. The number of hydrogen-bond donors (Lipinski definition) is 0. The van der Waals surface area contributed by atoms with Crippen LogP contribution in [0.25, 0.3) is 17.1 Å². The average Bonchev–Trinajstić information content (AvgIpc) is 3.50. The normalized spacial score (nSPS) is 22.0. The van der Waals surface area contributed by atoms with Crippen LogP contribution in [0.3, 0.4) is 0 Å². The SMILES string of the molecule is CCOC1C(OC)C(C)OC(OC(=O)N(COC)c2ccc(-c3ncn(-c4ccc(OC(F)(F)C(F)(F)F)cc4)n3)cc2)C1OC. The topological polar surface area (TPSA) is 116 Å². The Balaban J connectivity index is 1.46. The third-order valence-corrected chi connectivity index (χ3v) is 6.93. The highest BCUT2D eigenvalue weighted by Gasteiger charge is 2.61. The Morgan fingerprint density at radius 1 is 0.957 bits per heavy atom. The summed E-state index contributed by atoms with van der Waals surface area (Å²) in [6.07, 6.45) is -14.0. The lowest BCUT2D eigenvalue weighted by Crippen LogP contribution is -2.60. The van der Waals surface area contributed by atoms with E-state index in [1.54, 1.807) is 31.2 Å². The molecule has 1 saturated heterocycles. The molecule has 1 amide bonds. The minimum absolute atomic E-state index is 0.158. The molecule has 1 aromatic heterocycles. The molecule has 1 fully saturated rings. The molecular weight excluding hydrogens is 627 g/mol. The first kappa shape index (κ1) is 35.0. The molecule has 252 valence electrons. The highest BCUT2D eigenvalue weighted by atomic mass is 19.4. The molecule has 0 spiro atoms. The molecule has 0 bridgehead atoms. The zero-order chi connectivity index (χ0) is 33.6. The molecule has 46 heavy (non-hydrogen) atoms. The van der Waals surface area contributed by atoms with E-state index in [9.17, 15) is 26.7 Å². The molecule has 4 rings (SSSR count). The van der Waals surface area contributed by atoms with Crippen molar-refractivity contribution in [3.05, 3.63) is 54.9 Å². The van der Waals surface area contributed by atoms with Gasteiger partial charge in [-0.25, -0.2) is 14.5 Å².